The van der Waals surface area contributed by atoms with Crippen molar-refractivity contribution in [2.45, 2.75) is 51.6 Å². The highest BCUT2D eigenvalue weighted by molar-refractivity contribution is 5.95. The Hall–Kier alpha value is -2.53. The number of carbonyl (C=O) groups is 1. The van der Waals surface area contributed by atoms with Crippen LogP contribution in [0.15, 0.2) is 48.5 Å². The molecule has 2 aromatic rings. The van der Waals surface area contributed by atoms with Gasteiger partial charge in [0.15, 0.2) is 0 Å². The first-order valence-corrected chi connectivity index (χ1v) is 10.7. The smallest absolute Gasteiger partial charge is 0.243 e. The molecule has 0 unspecified atom stereocenters. The van der Waals surface area contributed by atoms with Gasteiger partial charge in [0, 0.05) is 18.3 Å². The molecule has 0 atom stereocenters. The number of rotatable bonds is 9. The number of nitrogens with zero attached hydrogens (tertiary/aromatic N) is 1. The lowest BCUT2D eigenvalue weighted by Gasteiger charge is -2.31. The van der Waals surface area contributed by atoms with Gasteiger partial charge in [-0.05, 0) is 50.6 Å². The van der Waals surface area contributed by atoms with Crippen molar-refractivity contribution in [3.8, 4) is 5.75 Å². The van der Waals surface area contributed by atoms with Crippen molar-refractivity contribution in [3.05, 3.63) is 54.1 Å². The Morgan fingerprint density at radius 1 is 1.03 bits per heavy atom. The Morgan fingerprint density at radius 3 is 2.48 bits per heavy atom. The molecule has 5 nitrogen and oxygen atoms in total. The Kier molecular flexibility index (Phi) is 7.94. The van der Waals surface area contributed by atoms with E-state index in [9.17, 15) is 4.79 Å². The standard InChI is InChI=1S/C24H33N3O2/c1-3-29-23-16-10-9-15-22(23)26-24(28)17-25-21-14-8-7-11-19(21)18-27(2)20-12-5-4-6-13-20/h7-11,14-16,20,25H,3-6,12-13,17-18H2,1-2H3,(H,26,28). The number of benzene rings is 2. The number of carbonyl (C=O) groups excluding carboxylic acids is 1. The molecule has 0 aromatic heterocycles. The van der Waals surface area contributed by atoms with Gasteiger partial charge in [-0.2, -0.15) is 0 Å². The molecule has 1 aliphatic rings. The SMILES string of the molecule is CCOc1ccccc1NC(=O)CNc1ccccc1CN(C)C1CCCCC1. The third-order valence-corrected chi connectivity index (χ3v) is 5.54. The lowest BCUT2D eigenvalue weighted by atomic mass is 9.94. The molecule has 1 fully saturated rings. The maximum atomic E-state index is 12.5. The number of ether oxygens (including phenoxy) is 1. The monoisotopic (exact) mass is 395 g/mol. The number of amides is 1. The Labute approximate surface area is 174 Å². The molecule has 1 amide bonds. The fourth-order valence-corrected chi connectivity index (χ4v) is 3.97. The van der Waals surface area contributed by atoms with E-state index in [2.05, 4.69) is 34.7 Å². The zero-order valence-corrected chi connectivity index (χ0v) is 17.6. The molecule has 2 aromatic carbocycles. The van der Waals surface area contributed by atoms with Gasteiger partial charge in [-0.1, -0.05) is 49.6 Å². The fraction of sp³-hybridized carbons (Fsp3) is 0.458. The molecular formula is C24H33N3O2. The summed E-state index contributed by atoms with van der Waals surface area (Å²) in [7, 11) is 2.21. The molecule has 1 aliphatic carbocycles. The molecule has 0 saturated heterocycles. The van der Waals surface area contributed by atoms with Gasteiger partial charge < -0.3 is 15.4 Å². The highest BCUT2D eigenvalue weighted by Crippen LogP contribution is 2.25. The molecule has 5 heteroatoms. The van der Waals surface area contributed by atoms with Crippen LogP contribution in [-0.2, 0) is 11.3 Å². The van der Waals surface area contributed by atoms with Gasteiger partial charge in [0.05, 0.1) is 18.8 Å². The topological polar surface area (TPSA) is 53.6 Å². The molecule has 1 saturated carbocycles. The van der Waals surface area contributed by atoms with Crippen LogP contribution in [0.4, 0.5) is 11.4 Å². The molecule has 3 rings (SSSR count). The first-order valence-electron chi connectivity index (χ1n) is 10.7. The van der Waals surface area contributed by atoms with E-state index in [0.717, 1.165) is 12.2 Å². The van der Waals surface area contributed by atoms with E-state index in [0.29, 0.717) is 24.1 Å². The zero-order valence-electron chi connectivity index (χ0n) is 17.6. The predicted molar refractivity (Wildman–Crippen MR) is 120 cm³/mol. The maximum Gasteiger partial charge on any atom is 0.243 e. The number of hydrogen-bond donors (Lipinski definition) is 2. The summed E-state index contributed by atoms with van der Waals surface area (Å²) in [6.45, 7) is 3.60. The summed E-state index contributed by atoms with van der Waals surface area (Å²) in [6.07, 6.45) is 6.60. The van der Waals surface area contributed by atoms with Gasteiger partial charge >= 0.3 is 0 Å². The summed E-state index contributed by atoms with van der Waals surface area (Å²) in [5.41, 5.74) is 2.94. The Balaban J connectivity index is 1.57. The highest BCUT2D eigenvalue weighted by Gasteiger charge is 2.19. The zero-order chi connectivity index (χ0) is 20.5. The number of para-hydroxylation sites is 3. The minimum atomic E-state index is -0.0902. The van der Waals surface area contributed by atoms with E-state index in [1.807, 2.05) is 43.3 Å². The highest BCUT2D eigenvalue weighted by atomic mass is 16.5. The summed E-state index contributed by atoms with van der Waals surface area (Å²) in [5.74, 6) is 0.602. The van der Waals surface area contributed by atoms with Crippen molar-refractivity contribution in [3.63, 3.8) is 0 Å². The first kappa shape index (κ1) is 21.2. The van der Waals surface area contributed by atoms with Crippen LogP contribution < -0.4 is 15.4 Å². The van der Waals surface area contributed by atoms with E-state index in [1.54, 1.807) is 0 Å². The van der Waals surface area contributed by atoms with Crippen LogP contribution in [0.5, 0.6) is 5.75 Å². The van der Waals surface area contributed by atoms with Gasteiger partial charge in [-0.25, -0.2) is 0 Å². The van der Waals surface area contributed by atoms with E-state index >= 15 is 0 Å². The molecule has 0 radical (unpaired) electrons. The average molecular weight is 396 g/mol. The van der Waals surface area contributed by atoms with Crippen molar-refractivity contribution >= 4 is 17.3 Å². The van der Waals surface area contributed by atoms with E-state index in [4.69, 9.17) is 4.74 Å². The van der Waals surface area contributed by atoms with Crippen molar-refractivity contribution in [2.24, 2.45) is 0 Å². The van der Waals surface area contributed by atoms with E-state index in [1.165, 1.54) is 37.7 Å². The summed E-state index contributed by atoms with van der Waals surface area (Å²) in [4.78, 5) is 14.9. The van der Waals surface area contributed by atoms with Crippen LogP contribution >= 0.6 is 0 Å². The Morgan fingerprint density at radius 2 is 1.72 bits per heavy atom. The minimum Gasteiger partial charge on any atom is -0.492 e. The molecule has 29 heavy (non-hydrogen) atoms. The van der Waals surface area contributed by atoms with Gasteiger partial charge in [-0.3, -0.25) is 9.69 Å². The van der Waals surface area contributed by atoms with E-state index in [-0.39, 0.29) is 12.5 Å². The summed E-state index contributed by atoms with van der Waals surface area (Å²) < 4.78 is 5.58. The maximum absolute atomic E-state index is 12.5. The molecular weight excluding hydrogens is 362 g/mol. The van der Waals surface area contributed by atoms with Crippen molar-refractivity contribution in [1.29, 1.82) is 0 Å². The third-order valence-electron chi connectivity index (χ3n) is 5.54. The second-order valence-electron chi connectivity index (χ2n) is 7.69. The fourth-order valence-electron chi connectivity index (χ4n) is 3.97. The summed E-state index contributed by atoms with van der Waals surface area (Å²) in [5, 5.41) is 6.25. The minimum absolute atomic E-state index is 0.0902. The summed E-state index contributed by atoms with van der Waals surface area (Å²) >= 11 is 0. The van der Waals surface area contributed by atoms with Crippen LogP contribution in [0.25, 0.3) is 0 Å². The van der Waals surface area contributed by atoms with Crippen LogP contribution in [0.2, 0.25) is 0 Å². The van der Waals surface area contributed by atoms with Crippen LogP contribution in [0.1, 0.15) is 44.6 Å². The average Bonchev–Trinajstić information content (AvgIpc) is 2.75. The number of hydrogen-bond acceptors (Lipinski definition) is 4. The molecule has 2 N–H and O–H groups in total. The van der Waals surface area contributed by atoms with Gasteiger partial charge in [0.1, 0.15) is 5.75 Å². The molecule has 0 heterocycles. The van der Waals surface area contributed by atoms with Gasteiger partial charge in [0.25, 0.3) is 0 Å². The lowest BCUT2D eigenvalue weighted by Crippen LogP contribution is -2.33. The second-order valence-corrected chi connectivity index (χ2v) is 7.69. The molecule has 0 bridgehead atoms. The summed E-state index contributed by atoms with van der Waals surface area (Å²) in [6, 6.07) is 16.4. The largest absolute Gasteiger partial charge is 0.492 e. The number of anilines is 2. The lowest BCUT2D eigenvalue weighted by molar-refractivity contribution is -0.114. The van der Waals surface area contributed by atoms with Crippen molar-refractivity contribution in [2.75, 3.05) is 30.8 Å². The number of nitrogens with one attached hydrogen (secondary N) is 2. The van der Waals surface area contributed by atoms with Crippen LogP contribution in [0, 0.1) is 0 Å². The predicted octanol–water partition coefficient (Wildman–Crippen LogP) is 4.90. The third kappa shape index (κ3) is 6.23. The first-order chi connectivity index (χ1) is 14.2. The van der Waals surface area contributed by atoms with Crippen molar-refractivity contribution < 1.29 is 9.53 Å². The quantitative estimate of drug-likeness (QED) is 0.634. The molecule has 156 valence electrons. The van der Waals surface area contributed by atoms with Crippen molar-refractivity contribution in [1.82, 2.24) is 4.90 Å². The molecule has 0 aliphatic heterocycles. The normalized spacial score (nSPS) is 14.6. The van der Waals surface area contributed by atoms with E-state index < -0.39 is 0 Å². The van der Waals surface area contributed by atoms with Crippen LogP contribution in [-0.4, -0.2) is 37.0 Å². The Bertz CT molecular complexity index is 787. The molecule has 0 spiro atoms. The second kappa shape index (κ2) is 10.9. The van der Waals surface area contributed by atoms with Crippen LogP contribution in [0.3, 0.4) is 0 Å². The van der Waals surface area contributed by atoms with Gasteiger partial charge in [0.2, 0.25) is 5.91 Å². The van der Waals surface area contributed by atoms with Gasteiger partial charge in [-0.15, -0.1) is 0 Å².